The number of hydrogen-bond acceptors (Lipinski definition) is 4. The van der Waals surface area contributed by atoms with Gasteiger partial charge in [-0.3, -0.25) is 0 Å². The number of halogens is 1. The normalized spacial score (nSPS) is 9.93. The SMILES string of the molecule is Oc1ccc(Nc2nccc(Br)n2)cc1. The minimum atomic E-state index is 0.232. The molecular weight excluding hydrogens is 258 g/mol. The second-order valence-electron chi connectivity index (χ2n) is 2.87. The van der Waals surface area contributed by atoms with Crippen LogP contribution in [0.5, 0.6) is 5.75 Å². The Morgan fingerprint density at radius 1 is 1.13 bits per heavy atom. The fourth-order valence-corrected chi connectivity index (χ4v) is 1.36. The predicted molar refractivity (Wildman–Crippen MR) is 61.1 cm³/mol. The first-order valence-electron chi connectivity index (χ1n) is 4.28. The van der Waals surface area contributed by atoms with Gasteiger partial charge in [0.2, 0.25) is 5.95 Å². The molecule has 5 heteroatoms. The Hall–Kier alpha value is -1.62. The molecular formula is C10H8BrN3O. The van der Waals surface area contributed by atoms with E-state index in [2.05, 4.69) is 31.2 Å². The Balaban J connectivity index is 2.18. The average Bonchev–Trinajstić information content (AvgIpc) is 2.22. The fourth-order valence-electron chi connectivity index (χ4n) is 1.07. The zero-order valence-electron chi connectivity index (χ0n) is 7.68. The summed E-state index contributed by atoms with van der Waals surface area (Å²) in [5.41, 5.74) is 0.825. The number of nitrogens with zero attached hydrogens (tertiary/aromatic N) is 2. The Labute approximate surface area is 95.1 Å². The minimum absolute atomic E-state index is 0.232. The number of rotatable bonds is 2. The van der Waals surface area contributed by atoms with E-state index >= 15 is 0 Å². The van der Waals surface area contributed by atoms with Crippen molar-refractivity contribution < 1.29 is 5.11 Å². The van der Waals surface area contributed by atoms with Crippen molar-refractivity contribution in [3.05, 3.63) is 41.1 Å². The van der Waals surface area contributed by atoms with Gasteiger partial charge in [0, 0.05) is 11.9 Å². The Morgan fingerprint density at radius 3 is 2.53 bits per heavy atom. The number of benzene rings is 1. The Kier molecular flexibility index (Phi) is 2.82. The van der Waals surface area contributed by atoms with Crippen molar-refractivity contribution in [2.75, 3.05) is 5.32 Å². The molecule has 0 aliphatic rings. The summed E-state index contributed by atoms with van der Waals surface area (Å²) < 4.78 is 0.721. The van der Waals surface area contributed by atoms with E-state index in [1.54, 1.807) is 36.5 Å². The monoisotopic (exact) mass is 265 g/mol. The van der Waals surface area contributed by atoms with Gasteiger partial charge in [-0.2, -0.15) is 0 Å². The zero-order valence-corrected chi connectivity index (χ0v) is 9.27. The predicted octanol–water partition coefficient (Wildman–Crippen LogP) is 2.69. The van der Waals surface area contributed by atoms with Crippen molar-refractivity contribution in [3.63, 3.8) is 0 Å². The zero-order chi connectivity index (χ0) is 10.7. The molecule has 2 aromatic rings. The van der Waals surface area contributed by atoms with Crippen molar-refractivity contribution in [1.82, 2.24) is 9.97 Å². The molecule has 76 valence electrons. The van der Waals surface area contributed by atoms with Crippen LogP contribution in [-0.2, 0) is 0 Å². The van der Waals surface area contributed by atoms with Crippen LogP contribution < -0.4 is 5.32 Å². The molecule has 1 heterocycles. The van der Waals surface area contributed by atoms with Crippen LogP contribution in [0.3, 0.4) is 0 Å². The van der Waals surface area contributed by atoms with Crippen LogP contribution >= 0.6 is 15.9 Å². The van der Waals surface area contributed by atoms with E-state index in [9.17, 15) is 0 Å². The molecule has 0 aliphatic carbocycles. The molecule has 2 N–H and O–H groups in total. The van der Waals surface area contributed by atoms with Crippen molar-refractivity contribution in [2.24, 2.45) is 0 Å². The van der Waals surface area contributed by atoms with E-state index in [-0.39, 0.29) is 5.75 Å². The number of anilines is 2. The molecule has 0 radical (unpaired) electrons. The van der Waals surface area contributed by atoms with Gasteiger partial charge in [-0.15, -0.1) is 0 Å². The number of aromatic hydroxyl groups is 1. The van der Waals surface area contributed by atoms with E-state index in [0.717, 1.165) is 10.3 Å². The van der Waals surface area contributed by atoms with Crippen molar-refractivity contribution in [2.45, 2.75) is 0 Å². The highest BCUT2D eigenvalue weighted by Gasteiger charge is 1.97. The smallest absolute Gasteiger partial charge is 0.228 e. The summed E-state index contributed by atoms with van der Waals surface area (Å²) in [5.74, 6) is 0.741. The van der Waals surface area contributed by atoms with Crippen LogP contribution in [0.25, 0.3) is 0 Å². The average molecular weight is 266 g/mol. The lowest BCUT2D eigenvalue weighted by Gasteiger charge is -2.04. The first kappa shape index (κ1) is 9.92. The van der Waals surface area contributed by atoms with Gasteiger partial charge in [0.1, 0.15) is 10.4 Å². The largest absolute Gasteiger partial charge is 0.508 e. The molecule has 0 saturated carbocycles. The van der Waals surface area contributed by atoms with Gasteiger partial charge >= 0.3 is 0 Å². The van der Waals surface area contributed by atoms with E-state index in [4.69, 9.17) is 5.11 Å². The lowest BCUT2D eigenvalue weighted by Crippen LogP contribution is -1.95. The highest BCUT2D eigenvalue weighted by atomic mass is 79.9. The number of aromatic nitrogens is 2. The molecule has 0 aliphatic heterocycles. The number of hydrogen-bond donors (Lipinski definition) is 2. The quantitative estimate of drug-likeness (QED) is 0.648. The second-order valence-corrected chi connectivity index (χ2v) is 3.69. The molecule has 0 unspecified atom stereocenters. The lowest BCUT2D eigenvalue weighted by atomic mass is 10.3. The summed E-state index contributed by atoms with van der Waals surface area (Å²) in [4.78, 5) is 8.17. The summed E-state index contributed by atoms with van der Waals surface area (Å²) >= 11 is 3.26. The highest BCUT2D eigenvalue weighted by Crippen LogP contribution is 2.17. The maximum Gasteiger partial charge on any atom is 0.228 e. The van der Waals surface area contributed by atoms with Crippen molar-refractivity contribution in [3.8, 4) is 5.75 Å². The van der Waals surface area contributed by atoms with Crippen LogP contribution in [0.1, 0.15) is 0 Å². The Bertz CT molecular complexity index is 458. The van der Waals surface area contributed by atoms with Crippen LogP contribution in [0.2, 0.25) is 0 Å². The third kappa shape index (κ3) is 2.66. The van der Waals surface area contributed by atoms with Gasteiger partial charge in [-0.05, 0) is 46.3 Å². The van der Waals surface area contributed by atoms with Crippen molar-refractivity contribution in [1.29, 1.82) is 0 Å². The van der Waals surface area contributed by atoms with Gasteiger partial charge in [-0.25, -0.2) is 9.97 Å². The van der Waals surface area contributed by atoms with E-state index in [0.29, 0.717) is 5.95 Å². The molecule has 1 aromatic carbocycles. The van der Waals surface area contributed by atoms with Crippen LogP contribution in [0, 0.1) is 0 Å². The minimum Gasteiger partial charge on any atom is -0.508 e. The molecule has 0 saturated heterocycles. The van der Waals surface area contributed by atoms with Gasteiger partial charge in [-0.1, -0.05) is 0 Å². The highest BCUT2D eigenvalue weighted by molar-refractivity contribution is 9.10. The number of phenols is 1. The maximum atomic E-state index is 9.10. The van der Waals surface area contributed by atoms with Gasteiger partial charge < -0.3 is 10.4 Å². The van der Waals surface area contributed by atoms with Gasteiger partial charge in [0.25, 0.3) is 0 Å². The summed E-state index contributed by atoms with van der Waals surface area (Å²) in [7, 11) is 0. The maximum absolute atomic E-state index is 9.10. The topological polar surface area (TPSA) is 58.0 Å². The summed E-state index contributed by atoms with van der Waals surface area (Å²) in [6.07, 6.45) is 1.65. The third-order valence-electron chi connectivity index (χ3n) is 1.75. The van der Waals surface area contributed by atoms with Gasteiger partial charge in [0.15, 0.2) is 0 Å². The van der Waals surface area contributed by atoms with Gasteiger partial charge in [0.05, 0.1) is 0 Å². The summed E-state index contributed by atoms with van der Waals surface area (Å²) in [5, 5.41) is 12.1. The van der Waals surface area contributed by atoms with Crippen LogP contribution in [-0.4, -0.2) is 15.1 Å². The van der Waals surface area contributed by atoms with Crippen LogP contribution in [0.4, 0.5) is 11.6 Å². The first-order chi connectivity index (χ1) is 7.24. The third-order valence-corrected chi connectivity index (χ3v) is 2.19. The van der Waals surface area contributed by atoms with E-state index < -0.39 is 0 Å². The first-order valence-corrected chi connectivity index (χ1v) is 5.08. The summed E-state index contributed by atoms with van der Waals surface area (Å²) in [6.45, 7) is 0. The molecule has 0 fully saturated rings. The fraction of sp³-hybridized carbons (Fsp3) is 0. The lowest BCUT2D eigenvalue weighted by molar-refractivity contribution is 0.475. The molecule has 0 atom stereocenters. The van der Waals surface area contributed by atoms with E-state index in [1.165, 1.54) is 0 Å². The molecule has 0 spiro atoms. The van der Waals surface area contributed by atoms with Crippen molar-refractivity contribution >= 4 is 27.6 Å². The number of nitrogens with one attached hydrogen (secondary N) is 1. The summed E-state index contributed by atoms with van der Waals surface area (Å²) in [6, 6.07) is 8.45. The number of phenolic OH excluding ortho intramolecular Hbond substituents is 1. The molecule has 1 aromatic heterocycles. The van der Waals surface area contributed by atoms with Crippen LogP contribution in [0.15, 0.2) is 41.1 Å². The molecule has 2 rings (SSSR count). The molecule has 4 nitrogen and oxygen atoms in total. The molecule has 15 heavy (non-hydrogen) atoms. The molecule has 0 amide bonds. The molecule has 0 bridgehead atoms. The second kappa shape index (κ2) is 4.27. The van der Waals surface area contributed by atoms with E-state index in [1.807, 2.05) is 0 Å². The standard InChI is InChI=1S/C10H8BrN3O/c11-9-5-6-12-10(14-9)13-7-1-3-8(15)4-2-7/h1-6,15H,(H,12,13,14). The Morgan fingerprint density at radius 2 is 1.87 bits per heavy atom.